The van der Waals surface area contributed by atoms with E-state index in [0.29, 0.717) is 6.54 Å². The molecule has 0 saturated carbocycles. The van der Waals surface area contributed by atoms with Gasteiger partial charge in [0.15, 0.2) is 0 Å². The van der Waals surface area contributed by atoms with Gasteiger partial charge in [-0.3, -0.25) is 9.59 Å². The Morgan fingerprint density at radius 1 is 1.25 bits per heavy atom. The number of carbonyl (C=O) groups excluding carboxylic acids is 2. The minimum absolute atomic E-state index is 0.131. The van der Waals surface area contributed by atoms with Crippen LogP contribution < -0.4 is 16.4 Å². The van der Waals surface area contributed by atoms with Crippen LogP contribution in [-0.2, 0) is 9.59 Å². The second-order valence-electron chi connectivity index (χ2n) is 4.87. The highest BCUT2D eigenvalue weighted by Crippen LogP contribution is 2.06. The van der Waals surface area contributed by atoms with Crippen molar-refractivity contribution in [2.24, 2.45) is 11.7 Å². The molecule has 0 spiro atoms. The van der Waals surface area contributed by atoms with Gasteiger partial charge in [0.1, 0.15) is 0 Å². The van der Waals surface area contributed by atoms with Crippen LogP contribution in [0.2, 0.25) is 0 Å². The van der Waals surface area contributed by atoms with E-state index in [1.165, 1.54) is 0 Å². The summed E-state index contributed by atoms with van der Waals surface area (Å²) in [6.07, 6.45) is 1.08. The van der Waals surface area contributed by atoms with Crippen molar-refractivity contribution in [3.05, 3.63) is 30.3 Å². The molecule has 0 aliphatic carbocycles. The topological polar surface area (TPSA) is 84.2 Å². The zero-order valence-corrected chi connectivity index (χ0v) is 12.1. The van der Waals surface area contributed by atoms with Gasteiger partial charge in [-0.2, -0.15) is 0 Å². The fourth-order valence-corrected chi connectivity index (χ4v) is 1.67. The summed E-state index contributed by atoms with van der Waals surface area (Å²) >= 11 is 0. The molecular weight excluding hydrogens is 254 g/mol. The van der Waals surface area contributed by atoms with Gasteiger partial charge in [0.2, 0.25) is 11.8 Å². The van der Waals surface area contributed by atoms with E-state index in [0.717, 1.165) is 12.1 Å². The maximum atomic E-state index is 11.7. The molecule has 0 aromatic heterocycles. The molecule has 0 bridgehead atoms. The van der Waals surface area contributed by atoms with Crippen molar-refractivity contribution in [3.63, 3.8) is 0 Å². The highest BCUT2D eigenvalue weighted by molar-refractivity contribution is 5.91. The smallest absolute Gasteiger partial charge is 0.237 e. The molecule has 0 saturated heterocycles. The Kier molecular flexibility index (Phi) is 6.73. The molecular formula is C15H23N3O2. The van der Waals surface area contributed by atoms with Gasteiger partial charge in [0.25, 0.3) is 0 Å². The molecule has 0 aliphatic rings. The van der Waals surface area contributed by atoms with Gasteiger partial charge >= 0.3 is 0 Å². The number of nitrogens with two attached hydrogens (primary N) is 1. The van der Waals surface area contributed by atoms with Crippen LogP contribution in [0, 0.1) is 5.92 Å². The van der Waals surface area contributed by atoms with E-state index in [2.05, 4.69) is 10.6 Å². The molecule has 2 amide bonds. The number of nitrogens with one attached hydrogen (secondary N) is 2. The van der Waals surface area contributed by atoms with Gasteiger partial charge in [-0.1, -0.05) is 38.5 Å². The van der Waals surface area contributed by atoms with Gasteiger partial charge < -0.3 is 16.4 Å². The molecule has 0 heterocycles. The number of carbonyl (C=O) groups is 2. The van der Waals surface area contributed by atoms with Crippen LogP contribution in [0.4, 0.5) is 5.69 Å². The van der Waals surface area contributed by atoms with Crippen molar-refractivity contribution in [3.8, 4) is 0 Å². The molecule has 5 heteroatoms. The van der Waals surface area contributed by atoms with E-state index in [1.807, 2.05) is 44.2 Å². The minimum atomic E-state index is -0.516. The predicted octanol–water partition coefficient (Wildman–Crippen LogP) is 1.50. The molecule has 4 N–H and O–H groups in total. The van der Waals surface area contributed by atoms with Gasteiger partial charge in [-0.05, 0) is 18.1 Å². The van der Waals surface area contributed by atoms with Crippen molar-refractivity contribution < 1.29 is 9.59 Å². The van der Waals surface area contributed by atoms with Crippen LogP contribution in [0.15, 0.2) is 30.3 Å². The van der Waals surface area contributed by atoms with Crippen LogP contribution in [0.5, 0.6) is 0 Å². The van der Waals surface area contributed by atoms with Gasteiger partial charge in [-0.25, -0.2) is 0 Å². The molecule has 0 radical (unpaired) electrons. The third-order valence-electron chi connectivity index (χ3n) is 3.27. The maximum absolute atomic E-state index is 11.7. The molecule has 1 aromatic rings. The molecule has 110 valence electrons. The first-order valence-corrected chi connectivity index (χ1v) is 6.92. The van der Waals surface area contributed by atoms with Crippen LogP contribution in [0.1, 0.15) is 26.7 Å². The second-order valence-corrected chi connectivity index (χ2v) is 4.87. The largest absolute Gasteiger partial charge is 0.354 e. The highest BCUT2D eigenvalue weighted by Gasteiger charge is 2.18. The van der Waals surface area contributed by atoms with Crippen molar-refractivity contribution in [2.75, 3.05) is 11.9 Å². The van der Waals surface area contributed by atoms with E-state index in [9.17, 15) is 9.59 Å². The second kappa shape index (κ2) is 8.32. The minimum Gasteiger partial charge on any atom is -0.354 e. The molecule has 0 fully saturated rings. The van der Waals surface area contributed by atoms with Crippen molar-refractivity contribution in [1.82, 2.24) is 5.32 Å². The lowest BCUT2D eigenvalue weighted by Gasteiger charge is -2.17. The Morgan fingerprint density at radius 3 is 2.50 bits per heavy atom. The number of hydrogen-bond donors (Lipinski definition) is 3. The van der Waals surface area contributed by atoms with Crippen molar-refractivity contribution in [1.29, 1.82) is 0 Å². The van der Waals surface area contributed by atoms with Gasteiger partial charge in [0.05, 0.1) is 6.04 Å². The van der Waals surface area contributed by atoms with Crippen LogP contribution in [0.25, 0.3) is 0 Å². The Hall–Kier alpha value is -1.88. The first-order valence-electron chi connectivity index (χ1n) is 6.92. The lowest BCUT2D eigenvalue weighted by atomic mass is 9.99. The molecule has 2 unspecified atom stereocenters. The number of hydrogen-bond acceptors (Lipinski definition) is 3. The van der Waals surface area contributed by atoms with E-state index < -0.39 is 6.04 Å². The number of rotatable bonds is 7. The molecule has 20 heavy (non-hydrogen) atoms. The lowest BCUT2D eigenvalue weighted by molar-refractivity contribution is -0.123. The Balaban J connectivity index is 2.27. The standard InChI is InChI=1S/C15H23N3O2/c1-3-11(2)14(16)15(20)17-10-9-13(19)18-12-7-5-4-6-8-12/h4-8,11,14H,3,9-10,16H2,1-2H3,(H,17,20)(H,18,19). The first kappa shape index (κ1) is 16.2. The average Bonchev–Trinajstić information content (AvgIpc) is 2.46. The lowest BCUT2D eigenvalue weighted by Crippen LogP contribution is -2.45. The quantitative estimate of drug-likeness (QED) is 0.706. The zero-order chi connectivity index (χ0) is 15.0. The summed E-state index contributed by atoms with van der Waals surface area (Å²) in [4.78, 5) is 23.4. The number of amides is 2. The Labute approximate surface area is 119 Å². The molecule has 5 nitrogen and oxygen atoms in total. The normalized spacial score (nSPS) is 13.3. The van der Waals surface area contributed by atoms with E-state index in [-0.39, 0.29) is 24.2 Å². The fourth-order valence-electron chi connectivity index (χ4n) is 1.67. The Morgan fingerprint density at radius 2 is 1.90 bits per heavy atom. The van der Waals surface area contributed by atoms with E-state index in [1.54, 1.807) is 0 Å². The maximum Gasteiger partial charge on any atom is 0.237 e. The summed E-state index contributed by atoms with van der Waals surface area (Å²) in [5, 5.41) is 5.45. The molecule has 1 aromatic carbocycles. The third-order valence-corrected chi connectivity index (χ3v) is 3.27. The van der Waals surface area contributed by atoms with E-state index >= 15 is 0 Å². The number of anilines is 1. The van der Waals surface area contributed by atoms with E-state index in [4.69, 9.17) is 5.73 Å². The average molecular weight is 277 g/mol. The highest BCUT2D eigenvalue weighted by atomic mass is 16.2. The molecule has 2 atom stereocenters. The van der Waals surface area contributed by atoms with Crippen LogP contribution in [-0.4, -0.2) is 24.4 Å². The summed E-state index contributed by atoms with van der Waals surface area (Å²) < 4.78 is 0. The SMILES string of the molecule is CCC(C)C(N)C(=O)NCCC(=O)Nc1ccccc1. The zero-order valence-electron chi connectivity index (χ0n) is 12.1. The first-order chi connectivity index (χ1) is 9.54. The summed E-state index contributed by atoms with van der Waals surface area (Å²) in [6, 6.07) is 8.69. The number of benzene rings is 1. The van der Waals surface area contributed by atoms with Gasteiger partial charge in [-0.15, -0.1) is 0 Å². The van der Waals surface area contributed by atoms with Crippen LogP contribution in [0.3, 0.4) is 0 Å². The molecule has 0 aliphatic heterocycles. The number of para-hydroxylation sites is 1. The summed E-state index contributed by atoms with van der Waals surface area (Å²) in [5.74, 6) is -0.200. The predicted molar refractivity (Wildman–Crippen MR) is 80.1 cm³/mol. The van der Waals surface area contributed by atoms with Crippen molar-refractivity contribution >= 4 is 17.5 Å². The Bertz CT molecular complexity index is 434. The summed E-state index contributed by atoms with van der Waals surface area (Å²) in [5.41, 5.74) is 6.55. The molecule has 1 rings (SSSR count). The summed E-state index contributed by atoms with van der Waals surface area (Å²) in [7, 11) is 0. The van der Waals surface area contributed by atoms with Crippen molar-refractivity contribution in [2.45, 2.75) is 32.7 Å². The fraction of sp³-hybridized carbons (Fsp3) is 0.467. The summed E-state index contributed by atoms with van der Waals surface area (Å²) in [6.45, 7) is 4.22. The third kappa shape index (κ3) is 5.40. The van der Waals surface area contributed by atoms with Crippen LogP contribution >= 0.6 is 0 Å². The van der Waals surface area contributed by atoms with Gasteiger partial charge in [0, 0.05) is 18.7 Å². The monoisotopic (exact) mass is 277 g/mol.